The zero-order valence-electron chi connectivity index (χ0n) is 13.8. The third-order valence-corrected chi connectivity index (χ3v) is 3.77. The molecule has 134 valence electrons. The van der Waals surface area contributed by atoms with E-state index < -0.39 is 4.92 Å². The Bertz CT molecular complexity index is 965. The smallest absolute Gasteiger partial charge is 0.309 e. The van der Waals surface area contributed by atoms with Crippen LogP contribution in [-0.2, 0) is 17.9 Å². The van der Waals surface area contributed by atoms with Gasteiger partial charge in [-0.05, 0) is 24.6 Å². The topological polar surface area (TPSA) is 108 Å². The number of carbonyl (C=O) groups excluding carboxylic acids is 1. The van der Waals surface area contributed by atoms with Crippen molar-refractivity contribution >= 4 is 28.9 Å². The number of rotatable bonds is 6. The third-order valence-electron chi connectivity index (χ3n) is 3.58. The van der Waals surface area contributed by atoms with Crippen LogP contribution in [0.15, 0.2) is 42.9 Å². The first kappa shape index (κ1) is 17.6. The van der Waals surface area contributed by atoms with E-state index in [2.05, 4.69) is 15.5 Å². The normalized spacial score (nSPS) is 10.7. The molecule has 0 saturated heterocycles. The average molecular weight is 375 g/mol. The van der Waals surface area contributed by atoms with Crippen molar-refractivity contribution in [1.29, 1.82) is 0 Å². The molecule has 0 spiro atoms. The van der Waals surface area contributed by atoms with Crippen LogP contribution in [-0.4, -0.2) is 30.4 Å². The first-order chi connectivity index (χ1) is 12.4. The average Bonchev–Trinajstić information content (AvgIpc) is 3.13. The van der Waals surface area contributed by atoms with Crippen molar-refractivity contribution in [2.45, 2.75) is 20.0 Å². The highest BCUT2D eigenvalue weighted by Crippen LogP contribution is 2.16. The van der Waals surface area contributed by atoms with Crippen LogP contribution >= 0.6 is 11.6 Å². The van der Waals surface area contributed by atoms with Crippen LogP contribution in [0.2, 0.25) is 5.02 Å². The van der Waals surface area contributed by atoms with Crippen LogP contribution in [0.5, 0.6) is 0 Å². The number of anilines is 1. The summed E-state index contributed by atoms with van der Waals surface area (Å²) in [5.74, 6) is -0.332. The number of aromatic nitrogens is 4. The van der Waals surface area contributed by atoms with Crippen molar-refractivity contribution in [3.05, 3.63) is 69.3 Å². The zero-order chi connectivity index (χ0) is 18.7. The zero-order valence-corrected chi connectivity index (χ0v) is 14.6. The summed E-state index contributed by atoms with van der Waals surface area (Å²) in [6.07, 6.45) is 4.50. The van der Waals surface area contributed by atoms with E-state index in [9.17, 15) is 14.9 Å². The molecule has 0 radical (unpaired) electrons. The molecule has 9 nitrogen and oxygen atoms in total. The molecule has 2 aromatic heterocycles. The Hall–Kier alpha value is -3.20. The number of carbonyl (C=O) groups is 1. The first-order valence-electron chi connectivity index (χ1n) is 7.66. The van der Waals surface area contributed by atoms with E-state index in [-0.39, 0.29) is 23.8 Å². The molecule has 0 aliphatic rings. The summed E-state index contributed by atoms with van der Waals surface area (Å²) in [4.78, 5) is 22.5. The molecule has 0 unspecified atom stereocenters. The van der Waals surface area contributed by atoms with Gasteiger partial charge in [0.2, 0.25) is 5.91 Å². The summed E-state index contributed by atoms with van der Waals surface area (Å²) < 4.78 is 2.94. The number of hydrogen-bond donors (Lipinski definition) is 1. The van der Waals surface area contributed by atoms with Crippen molar-refractivity contribution in [3.8, 4) is 0 Å². The van der Waals surface area contributed by atoms with E-state index in [4.69, 9.17) is 11.6 Å². The number of nitro groups is 1. The third kappa shape index (κ3) is 4.25. The Labute approximate surface area is 153 Å². The van der Waals surface area contributed by atoms with E-state index >= 15 is 0 Å². The fourth-order valence-electron chi connectivity index (χ4n) is 2.47. The van der Waals surface area contributed by atoms with Crippen molar-refractivity contribution in [3.63, 3.8) is 0 Å². The lowest BCUT2D eigenvalue weighted by Gasteiger charge is -2.08. The van der Waals surface area contributed by atoms with E-state index in [1.165, 1.54) is 17.8 Å². The van der Waals surface area contributed by atoms with Gasteiger partial charge in [-0.25, -0.2) is 0 Å². The van der Waals surface area contributed by atoms with Gasteiger partial charge >= 0.3 is 5.69 Å². The first-order valence-corrected chi connectivity index (χ1v) is 8.03. The van der Waals surface area contributed by atoms with Gasteiger partial charge in [0.05, 0.1) is 22.7 Å². The number of hydrogen-bond acceptors (Lipinski definition) is 5. The van der Waals surface area contributed by atoms with Gasteiger partial charge in [0.25, 0.3) is 0 Å². The van der Waals surface area contributed by atoms with Crippen molar-refractivity contribution in [2.24, 2.45) is 0 Å². The van der Waals surface area contributed by atoms with Crippen LogP contribution < -0.4 is 5.32 Å². The summed E-state index contributed by atoms with van der Waals surface area (Å²) in [7, 11) is 0. The highest BCUT2D eigenvalue weighted by molar-refractivity contribution is 6.30. The van der Waals surface area contributed by atoms with Crippen LogP contribution in [0.3, 0.4) is 0 Å². The largest absolute Gasteiger partial charge is 0.324 e. The van der Waals surface area contributed by atoms with Crippen LogP contribution in [0, 0.1) is 17.0 Å². The second-order valence-corrected chi connectivity index (χ2v) is 6.10. The Morgan fingerprint density at radius 1 is 1.35 bits per heavy atom. The number of halogens is 1. The van der Waals surface area contributed by atoms with Gasteiger partial charge < -0.3 is 5.32 Å². The quantitative estimate of drug-likeness (QED) is 0.527. The molecule has 2 heterocycles. The summed E-state index contributed by atoms with van der Waals surface area (Å²) in [6.45, 7) is 1.92. The number of nitrogens with one attached hydrogen (secondary N) is 1. The van der Waals surface area contributed by atoms with Crippen molar-refractivity contribution < 1.29 is 9.72 Å². The predicted octanol–water partition coefficient (Wildman–Crippen LogP) is 2.64. The summed E-state index contributed by atoms with van der Waals surface area (Å²) in [6, 6.07) is 7.31. The maximum atomic E-state index is 12.2. The fourth-order valence-corrected chi connectivity index (χ4v) is 2.63. The van der Waals surface area contributed by atoms with Gasteiger partial charge in [-0.1, -0.05) is 23.7 Å². The van der Waals surface area contributed by atoms with E-state index in [1.807, 2.05) is 18.2 Å². The lowest BCUT2D eigenvalue weighted by molar-refractivity contribution is -0.385. The molecule has 0 bridgehead atoms. The van der Waals surface area contributed by atoms with Crippen LogP contribution in [0.1, 0.15) is 11.3 Å². The second-order valence-electron chi connectivity index (χ2n) is 5.66. The number of nitrogens with zero attached hydrogens (tertiary/aromatic N) is 5. The molecule has 0 aliphatic carbocycles. The number of benzene rings is 1. The molecule has 1 N–H and O–H groups in total. The number of amides is 1. The molecular weight excluding hydrogens is 360 g/mol. The predicted molar refractivity (Wildman–Crippen MR) is 95.0 cm³/mol. The minimum Gasteiger partial charge on any atom is -0.324 e. The molecule has 0 aliphatic heterocycles. The summed E-state index contributed by atoms with van der Waals surface area (Å²) in [5, 5.41) is 22.2. The SMILES string of the molecule is Cc1nn(CC(=O)Nc2cccc(Cn3cc(Cl)cn3)c2)cc1[N+](=O)[O-]. The van der Waals surface area contributed by atoms with Gasteiger partial charge in [0.1, 0.15) is 18.4 Å². The molecule has 10 heteroatoms. The maximum Gasteiger partial charge on any atom is 0.309 e. The standard InChI is InChI=1S/C16H15ClN6O3/c1-11-15(23(25)26)9-22(20-11)10-16(24)19-14-4-2-3-12(5-14)7-21-8-13(17)6-18-21/h2-6,8-9H,7,10H2,1H3,(H,19,24). The van der Waals surface area contributed by atoms with Gasteiger partial charge in [0, 0.05) is 11.9 Å². The Morgan fingerprint density at radius 2 is 2.15 bits per heavy atom. The molecule has 0 atom stereocenters. The van der Waals surface area contributed by atoms with E-state index in [0.717, 1.165) is 5.56 Å². The Morgan fingerprint density at radius 3 is 2.81 bits per heavy atom. The molecule has 1 amide bonds. The Kier molecular flexibility index (Phi) is 4.99. The second kappa shape index (κ2) is 7.36. The molecule has 0 fully saturated rings. The summed E-state index contributed by atoms with van der Waals surface area (Å²) >= 11 is 5.85. The van der Waals surface area contributed by atoms with Gasteiger partial charge in [0.15, 0.2) is 0 Å². The lowest BCUT2D eigenvalue weighted by atomic mass is 10.2. The molecule has 3 aromatic rings. The highest BCUT2D eigenvalue weighted by Gasteiger charge is 2.16. The van der Waals surface area contributed by atoms with Gasteiger partial charge in [-0.3, -0.25) is 24.3 Å². The van der Waals surface area contributed by atoms with Crippen molar-refractivity contribution in [2.75, 3.05) is 5.32 Å². The minimum atomic E-state index is -0.526. The van der Waals surface area contributed by atoms with Crippen LogP contribution in [0.4, 0.5) is 11.4 Å². The monoisotopic (exact) mass is 374 g/mol. The summed E-state index contributed by atoms with van der Waals surface area (Å²) in [5.41, 5.74) is 1.71. The highest BCUT2D eigenvalue weighted by atomic mass is 35.5. The van der Waals surface area contributed by atoms with Crippen molar-refractivity contribution in [1.82, 2.24) is 19.6 Å². The number of aryl methyl sites for hydroxylation is 1. The lowest BCUT2D eigenvalue weighted by Crippen LogP contribution is -2.19. The van der Waals surface area contributed by atoms with E-state index in [1.54, 1.807) is 23.1 Å². The van der Waals surface area contributed by atoms with Gasteiger partial charge in [-0.2, -0.15) is 10.2 Å². The minimum absolute atomic E-state index is 0.113. The molecule has 3 rings (SSSR count). The van der Waals surface area contributed by atoms with Gasteiger partial charge in [-0.15, -0.1) is 0 Å². The van der Waals surface area contributed by atoms with E-state index in [0.29, 0.717) is 17.3 Å². The fraction of sp³-hybridized carbons (Fsp3) is 0.188. The molecule has 26 heavy (non-hydrogen) atoms. The maximum absolute atomic E-state index is 12.2. The van der Waals surface area contributed by atoms with Crippen LogP contribution in [0.25, 0.3) is 0 Å². The molecule has 0 saturated carbocycles. The molecular formula is C16H15ClN6O3. The Balaban J connectivity index is 1.65. The molecule has 1 aromatic carbocycles.